The highest BCUT2D eigenvalue weighted by Crippen LogP contribution is 2.33. The quantitative estimate of drug-likeness (QED) is 0.830. The SMILES string of the molecule is CCCCC(Nc1ccc(C)c(C(F)(F)F)c1)C(=O)O. The molecule has 1 aromatic carbocycles. The summed E-state index contributed by atoms with van der Waals surface area (Å²) in [5, 5.41) is 11.7. The zero-order chi connectivity index (χ0) is 15.3. The lowest BCUT2D eigenvalue weighted by atomic mass is 10.1. The van der Waals surface area contributed by atoms with Gasteiger partial charge in [0.15, 0.2) is 0 Å². The fourth-order valence-electron chi connectivity index (χ4n) is 1.88. The molecule has 1 atom stereocenters. The van der Waals surface area contributed by atoms with E-state index in [4.69, 9.17) is 5.11 Å². The maximum Gasteiger partial charge on any atom is 0.416 e. The van der Waals surface area contributed by atoms with E-state index in [1.807, 2.05) is 6.92 Å². The number of aliphatic carboxylic acids is 1. The van der Waals surface area contributed by atoms with Crippen molar-refractivity contribution in [2.24, 2.45) is 0 Å². The molecule has 1 aromatic rings. The van der Waals surface area contributed by atoms with Gasteiger partial charge in [-0.2, -0.15) is 13.2 Å². The van der Waals surface area contributed by atoms with Crippen LogP contribution in [0, 0.1) is 6.92 Å². The Bertz CT molecular complexity index is 472. The van der Waals surface area contributed by atoms with E-state index in [9.17, 15) is 18.0 Å². The number of nitrogens with one attached hydrogen (secondary N) is 1. The van der Waals surface area contributed by atoms with Gasteiger partial charge in [-0.25, -0.2) is 4.79 Å². The third-order valence-electron chi connectivity index (χ3n) is 3.03. The molecule has 1 rings (SSSR count). The van der Waals surface area contributed by atoms with Gasteiger partial charge in [0, 0.05) is 5.69 Å². The van der Waals surface area contributed by atoms with Crippen LogP contribution in [0.4, 0.5) is 18.9 Å². The normalized spacial score (nSPS) is 13.1. The Morgan fingerprint density at radius 1 is 1.40 bits per heavy atom. The summed E-state index contributed by atoms with van der Waals surface area (Å²) in [7, 11) is 0. The van der Waals surface area contributed by atoms with Crippen LogP contribution in [0.15, 0.2) is 18.2 Å². The minimum atomic E-state index is -4.44. The summed E-state index contributed by atoms with van der Waals surface area (Å²) >= 11 is 0. The Morgan fingerprint density at radius 2 is 2.05 bits per heavy atom. The number of hydrogen-bond donors (Lipinski definition) is 2. The molecule has 0 aromatic heterocycles. The van der Waals surface area contributed by atoms with Crippen LogP contribution < -0.4 is 5.32 Å². The van der Waals surface area contributed by atoms with E-state index in [-0.39, 0.29) is 11.3 Å². The first-order valence-corrected chi connectivity index (χ1v) is 6.43. The molecule has 112 valence electrons. The zero-order valence-corrected chi connectivity index (χ0v) is 11.4. The summed E-state index contributed by atoms with van der Waals surface area (Å²) in [4.78, 5) is 11.1. The second-order valence-electron chi connectivity index (χ2n) is 4.70. The average molecular weight is 289 g/mol. The maximum absolute atomic E-state index is 12.8. The van der Waals surface area contributed by atoms with E-state index in [0.717, 1.165) is 12.5 Å². The molecule has 0 heterocycles. The average Bonchev–Trinajstić information content (AvgIpc) is 2.34. The van der Waals surface area contributed by atoms with Gasteiger partial charge >= 0.3 is 12.1 Å². The lowest BCUT2D eigenvalue weighted by Gasteiger charge is -2.17. The van der Waals surface area contributed by atoms with E-state index in [1.54, 1.807) is 0 Å². The molecule has 0 saturated heterocycles. The Hall–Kier alpha value is -1.72. The monoisotopic (exact) mass is 289 g/mol. The highest BCUT2D eigenvalue weighted by molar-refractivity contribution is 5.77. The van der Waals surface area contributed by atoms with Crippen LogP contribution in [0.5, 0.6) is 0 Å². The van der Waals surface area contributed by atoms with Crippen molar-refractivity contribution >= 4 is 11.7 Å². The predicted molar refractivity (Wildman–Crippen MR) is 70.8 cm³/mol. The topological polar surface area (TPSA) is 49.3 Å². The van der Waals surface area contributed by atoms with Crippen molar-refractivity contribution in [3.8, 4) is 0 Å². The van der Waals surface area contributed by atoms with Gasteiger partial charge in [0.1, 0.15) is 6.04 Å². The van der Waals surface area contributed by atoms with Crippen LogP contribution >= 0.6 is 0 Å². The number of halogens is 3. The highest BCUT2D eigenvalue weighted by atomic mass is 19.4. The minimum Gasteiger partial charge on any atom is -0.480 e. The Morgan fingerprint density at radius 3 is 2.55 bits per heavy atom. The molecule has 0 aliphatic carbocycles. The molecule has 0 radical (unpaired) electrons. The van der Waals surface area contributed by atoms with Crippen LogP contribution in [0.1, 0.15) is 37.3 Å². The van der Waals surface area contributed by atoms with Gasteiger partial charge in [-0.15, -0.1) is 0 Å². The van der Waals surface area contributed by atoms with E-state index in [2.05, 4.69) is 5.32 Å². The fourth-order valence-corrected chi connectivity index (χ4v) is 1.88. The smallest absolute Gasteiger partial charge is 0.416 e. The minimum absolute atomic E-state index is 0.114. The van der Waals surface area contributed by atoms with Crippen molar-refractivity contribution in [3.05, 3.63) is 29.3 Å². The number of unbranched alkanes of at least 4 members (excludes halogenated alkanes) is 1. The van der Waals surface area contributed by atoms with Crippen molar-refractivity contribution in [3.63, 3.8) is 0 Å². The molecule has 0 bridgehead atoms. The van der Waals surface area contributed by atoms with E-state index in [0.29, 0.717) is 12.8 Å². The first-order chi connectivity index (χ1) is 9.25. The Kier molecular flexibility index (Phi) is 5.42. The van der Waals surface area contributed by atoms with Gasteiger partial charge in [-0.1, -0.05) is 25.8 Å². The summed E-state index contributed by atoms with van der Waals surface area (Å²) < 4.78 is 38.3. The van der Waals surface area contributed by atoms with Crippen molar-refractivity contribution in [1.29, 1.82) is 0 Å². The van der Waals surface area contributed by atoms with Crippen LogP contribution in [-0.4, -0.2) is 17.1 Å². The molecule has 6 heteroatoms. The van der Waals surface area contributed by atoms with Gasteiger partial charge in [-0.3, -0.25) is 0 Å². The highest BCUT2D eigenvalue weighted by Gasteiger charge is 2.32. The van der Waals surface area contributed by atoms with E-state index < -0.39 is 23.8 Å². The van der Waals surface area contributed by atoms with Gasteiger partial charge in [0.2, 0.25) is 0 Å². The number of carboxylic acids is 1. The Balaban J connectivity index is 2.94. The molecule has 0 amide bonds. The predicted octanol–water partition coefficient (Wildman–Crippen LogP) is 4.07. The number of carboxylic acid groups (broad SMARTS) is 1. The second kappa shape index (κ2) is 6.63. The Labute approximate surface area is 115 Å². The number of alkyl halides is 3. The molecule has 0 spiro atoms. The number of benzene rings is 1. The standard InChI is InChI=1S/C14H18F3NO2/c1-3-4-5-12(13(19)20)18-10-7-6-9(2)11(8-10)14(15,16)17/h6-8,12,18H,3-5H2,1-2H3,(H,19,20). The first-order valence-electron chi connectivity index (χ1n) is 6.43. The van der Waals surface area contributed by atoms with E-state index in [1.165, 1.54) is 19.1 Å². The summed E-state index contributed by atoms with van der Waals surface area (Å²) in [5.41, 5.74) is -0.461. The van der Waals surface area contributed by atoms with Crippen molar-refractivity contribution in [2.45, 2.75) is 45.3 Å². The van der Waals surface area contributed by atoms with Crippen LogP contribution in [-0.2, 0) is 11.0 Å². The van der Waals surface area contributed by atoms with E-state index >= 15 is 0 Å². The third-order valence-corrected chi connectivity index (χ3v) is 3.03. The van der Waals surface area contributed by atoms with Crippen molar-refractivity contribution in [1.82, 2.24) is 0 Å². The summed E-state index contributed by atoms with van der Waals surface area (Å²) in [6, 6.07) is 2.88. The summed E-state index contributed by atoms with van der Waals surface area (Å²) in [5.74, 6) is -1.06. The van der Waals surface area contributed by atoms with Gasteiger partial charge in [0.05, 0.1) is 5.56 Å². The third kappa shape index (κ3) is 4.43. The number of anilines is 1. The summed E-state index contributed by atoms with van der Waals surface area (Å²) in [6.45, 7) is 3.30. The molecule has 3 nitrogen and oxygen atoms in total. The van der Waals surface area contributed by atoms with Crippen LogP contribution in [0.2, 0.25) is 0 Å². The molecule has 0 fully saturated rings. The van der Waals surface area contributed by atoms with Crippen LogP contribution in [0.25, 0.3) is 0 Å². The van der Waals surface area contributed by atoms with Crippen LogP contribution in [0.3, 0.4) is 0 Å². The van der Waals surface area contributed by atoms with Gasteiger partial charge < -0.3 is 10.4 Å². The first kappa shape index (κ1) is 16.3. The van der Waals surface area contributed by atoms with Crippen molar-refractivity contribution in [2.75, 3.05) is 5.32 Å². The lowest BCUT2D eigenvalue weighted by molar-refractivity contribution is -0.138. The second-order valence-corrected chi connectivity index (χ2v) is 4.70. The molecule has 1 unspecified atom stereocenters. The molecular weight excluding hydrogens is 271 g/mol. The molecule has 0 aliphatic rings. The summed E-state index contributed by atoms with van der Waals surface area (Å²) in [6.07, 6.45) is -2.54. The largest absolute Gasteiger partial charge is 0.480 e. The lowest BCUT2D eigenvalue weighted by Crippen LogP contribution is -2.29. The fraction of sp³-hybridized carbons (Fsp3) is 0.500. The zero-order valence-electron chi connectivity index (χ0n) is 11.4. The maximum atomic E-state index is 12.8. The molecule has 20 heavy (non-hydrogen) atoms. The number of rotatable bonds is 6. The number of aryl methyl sites for hydroxylation is 1. The van der Waals surface area contributed by atoms with Gasteiger partial charge in [0.25, 0.3) is 0 Å². The number of carbonyl (C=O) groups is 1. The molecule has 0 aliphatic heterocycles. The molecule has 0 saturated carbocycles. The molecule has 2 N–H and O–H groups in total. The van der Waals surface area contributed by atoms with Gasteiger partial charge in [-0.05, 0) is 31.0 Å². The number of hydrogen-bond acceptors (Lipinski definition) is 2. The van der Waals surface area contributed by atoms with Crippen molar-refractivity contribution < 1.29 is 23.1 Å². The molecular formula is C14H18F3NO2.